The predicted molar refractivity (Wildman–Crippen MR) is 76.5 cm³/mol. The van der Waals surface area contributed by atoms with Crippen LogP contribution in [0.2, 0.25) is 0 Å². The minimum atomic E-state index is 0.882. The molecule has 1 aliphatic rings. The predicted octanol–water partition coefficient (Wildman–Crippen LogP) is 2.37. The van der Waals surface area contributed by atoms with Crippen molar-refractivity contribution in [3.63, 3.8) is 0 Å². The van der Waals surface area contributed by atoms with Crippen molar-refractivity contribution in [1.82, 2.24) is 10.5 Å². The molecule has 1 fully saturated rings. The standard InChI is InChI=1S/C15H19N3O/c1-11-15(12(2)19-17-11)13-3-5-14(6-4-13)18-9-7-16-8-10-18/h3-6,16H,7-10H2,1-2H3. The summed E-state index contributed by atoms with van der Waals surface area (Å²) in [5.41, 5.74) is 4.53. The van der Waals surface area contributed by atoms with Crippen LogP contribution < -0.4 is 10.2 Å². The quantitative estimate of drug-likeness (QED) is 0.896. The molecular weight excluding hydrogens is 238 g/mol. The summed E-state index contributed by atoms with van der Waals surface area (Å²) in [4.78, 5) is 2.41. The van der Waals surface area contributed by atoms with Crippen molar-refractivity contribution < 1.29 is 4.52 Å². The fourth-order valence-corrected chi connectivity index (χ4v) is 2.66. The Labute approximate surface area is 113 Å². The highest BCUT2D eigenvalue weighted by atomic mass is 16.5. The Balaban J connectivity index is 1.86. The number of aryl methyl sites for hydroxylation is 2. The van der Waals surface area contributed by atoms with Crippen LogP contribution >= 0.6 is 0 Å². The lowest BCUT2D eigenvalue weighted by molar-refractivity contribution is 0.393. The summed E-state index contributed by atoms with van der Waals surface area (Å²) in [7, 11) is 0. The first-order chi connectivity index (χ1) is 9.25. The fraction of sp³-hybridized carbons (Fsp3) is 0.400. The van der Waals surface area contributed by atoms with Crippen LogP contribution in [0.5, 0.6) is 0 Å². The molecule has 19 heavy (non-hydrogen) atoms. The zero-order valence-electron chi connectivity index (χ0n) is 11.4. The molecule has 100 valence electrons. The van der Waals surface area contributed by atoms with E-state index in [-0.39, 0.29) is 0 Å². The lowest BCUT2D eigenvalue weighted by Gasteiger charge is -2.29. The number of hydrogen-bond acceptors (Lipinski definition) is 4. The zero-order chi connectivity index (χ0) is 13.2. The van der Waals surface area contributed by atoms with Gasteiger partial charge in [-0.15, -0.1) is 0 Å². The SMILES string of the molecule is Cc1noc(C)c1-c1ccc(N2CCNCC2)cc1. The third-order valence-corrected chi connectivity index (χ3v) is 3.67. The van der Waals surface area contributed by atoms with Gasteiger partial charge in [0.25, 0.3) is 0 Å². The number of piperazine rings is 1. The molecule has 4 nitrogen and oxygen atoms in total. The van der Waals surface area contributed by atoms with Crippen LogP contribution in [0.1, 0.15) is 11.5 Å². The maximum Gasteiger partial charge on any atom is 0.141 e. The second-order valence-corrected chi connectivity index (χ2v) is 4.98. The largest absolute Gasteiger partial charge is 0.369 e. The smallest absolute Gasteiger partial charge is 0.141 e. The molecule has 0 unspecified atom stereocenters. The molecule has 2 heterocycles. The summed E-state index contributed by atoms with van der Waals surface area (Å²) in [5.74, 6) is 0.882. The van der Waals surface area contributed by atoms with Gasteiger partial charge < -0.3 is 14.7 Å². The third kappa shape index (κ3) is 2.36. The van der Waals surface area contributed by atoms with Gasteiger partial charge in [0.2, 0.25) is 0 Å². The van der Waals surface area contributed by atoms with Crippen molar-refractivity contribution in [2.24, 2.45) is 0 Å². The highest BCUT2D eigenvalue weighted by molar-refractivity contribution is 5.69. The minimum Gasteiger partial charge on any atom is -0.369 e. The minimum absolute atomic E-state index is 0.882. The second-order valence-electron chi connectivity index (χ2n) is 4.98. The average molecular weight is 257 g/mol. The highest BCUT2D eigenvalue weighted by Gasteiger charge is 2.13. The van der Waals surface area contributed by atoms with Gasteiger partial charge in [-0.25, -0.2) is 0 Å². The van der Waals surface area contributed by atoms with E-state index < -0.39 is 0 Å². The molecule has 0 spiro atoms. The van der Waals surface area contributed by atoms with Gasteiger partial charge in [0.05, 0.1) is 5.69 Å². The average Bonchev–Trinajstić information content (AvgIpc) is 2.79. The number of anilines is 1. The highest BCUT2D eigenvalue weighted by Crippen LogP contribution is 2.28. The van der Waals surface area contributed by atoms with E-state index in [1.807, 2.05) is 13.8 Å². The maximum absolute atomic E-state index is 5.23. The van der Waals surface area contributed by atoms with E-state index in [1.165, 1.54) is 11.3 Å². The molecule has 0 atom stereocenters. The van der Waals surface area contributed by atoms with Gasteiger partial charge in [-0.3, -0.25) is 0 Å². The second kappa shape index (κ2) is 5.05. The van der Waals surface area contributed by atoms with Gasteiger partial charge in [-0.2, -0.15) is 0 Å². The molecule has 1 N–H and O–H groups in total. The summed E-state index contributed by atoms with van der Waals surface area (Å²) in [6, 6.07) is 8.69. The first-order valence-electron chi connectivity index (χ1n) is 6.74. The Hall–Kier alpha value is -1.81. The first-order valence-corrected chi connectivity index (χ1v) is 6.74. The first kappa shape index (κ1) is 12.2. The fourth-order valence-electron chi connectivity index (χ4n) is 2.66. The van der Waals surface area contributed by atoms with Crippen LogP contribution in [0.15, 0.2) is 28.8 Å². The van der Waals surface area contributed by atoms with Gasteiger partial charge in [-0.1, -0.05) is 17.3 Å². The Morgan fingerprint density at radius 2 is 1.79 bits per heavy atom. The number of benzene rings is 1. The van der Waals surface area contributed by atoms with Gasteiger partial charge in [0.15, 0.2) is 0 Å². The molecule has 0 bridgehead atoms. The molecule has 0 saturated carbocycles. The summed E-state index contributed by atoms with van der Waals surface area (Å²) in [6.07, 6.45) is 0. The van der Waals surface area contributed by atoms with E-state index >= 15 is 0 Å². The topological polar surface area (TPSA) is 41.3 Å². The van der Waals surface area contributed by atoms with Crippen molar-refractivity contribution in [1.29, 1.82) is 0 Å². The number of aromatic nitrogens is 1. The van der Waals surface area contributed by atoms with Crippen molar-refractivity contribution in [3.05, 3.63) is 35.7 Å². The van der Waals surface area contributed by atoms with Crippen LogP contribution in [-0.4, -0.2) is 31.3 Å². The third-order valence-electron chi connectivity index (χ3n) is 3.67. The number of hydrogen-bond donors (Lipinski definition) is 1. The van der Waals surface area contributed by atoms with Crippen LogP contribution in [0, 0.1) is 13.8 Å². The Bertz CT molecular complexity index is 534. The molecule has 0 amide bonds. The van der Waals surface area contributed by atoms with Crippen molar-refractivity contribution in [2.45, 2.75) is 13.8 Å². The maximum atomic E-state index is 5.23. The Kier molecular flexibility index (Phi) is 3.25. The number of nitrogens with one attached hydrogen (secondary N) is 1. The monoisotopic (exact) mass is 257 g/mol. The Morgan fingerprint density at radius 1 is 1.11 bits per heavy atom. The van der Waals surface area contributed by atoms with Crippen molar-refractivity contribution >= 4 is 5.69 Å². The summed E-state index contributed by atoms with van der Waals surface area (Å²) >= 11 is 0. The van der Waals surface area contributed by atoms with Gasteiger partial charge in [0, 0.05) is 37.4 Å². The molecule has 0 radical (unpaired) electrons. The van der Waals surface area contributed by atoms with Gasteiger partial charge >= 0.3 is 0 Å². The number of nitrogens with zero attached hydrogens (tertiary/aromatic N) is 2. The zero-order valence-corrected chi connectivity index (χ0v) is 11.4. The molecule has 0 aliphatic carbocycles. The molecule has 3 rings (SSSR count). The van der Waals surface area contributed by atoms with Crippen LogP contribution in [0.25, 0.3) is 11.1 Å². The van der Waals surface area contributed by atoms with Crippen LogP contribution in [-0.2, 0) is 0 Å². The van der Waals surface area contributed by atoms with E-state index in [2.05, 4.69) is 39.6 Å². The summed E-state index contributed by atoms with van der Waals surface area (Å²) in [5, 5.41) is 7.38. The van der Waals surface area contributed by atoms with Gasteiger partial charge in [0.1, 0.15) is 5.76 Å². The van der Waals surface area contributed by atoms with Gasteiger partial charge in [-0.05, 0) is 31.5 Å². The molecule has 1 aromatic carbocycles. The molecule has 4 heteroatoms. The van der Waals surface area contributed by atoms with E-state index in [0.717, 1.165) is 43.2 Å². The van der Waals surface area contributed by atoms with E-state index in [4.69, 9.17) is 4.52 Å². The van der Waals surface area contributed by atoms with E-state index in [0.29, 0.717) is 0 Å². The Morgan fingerprint density at radius 3 is 2.37 bits per heavy atom. The normalized spacial score (nSPS) is 15.8. The lowest BCUT2D eigenvalue weighted by Crippen LogP contribution is -2.43. The van der Waals surface area contributed by atoms with Crippen LogP contribution in [0.3, 0.4) is 0 Å². The van der Waals surface area contributed by atoms with E-state index in [1.54, 1.807) is 0 Å². The molecule has 1 saturated heterocycles. The van der Waals surface area contributed by atoms with Crippen LogP contribution in [0.4, 0.5) is 5.69 Å². The molecular formula is C15H19N3O. The lowest BCUT2D eigenvalue weighted by atomic mass is 10.0. The number of rotatable bonds is 2. The molecule has 1 aromatic heterocycles. The summed E-state index contributed by atoms with van der Waals surface area (Å²) in [6.45, 7) is 8.21. The molecule has 2 aromatic rings. The summed E-state index contributed by atoms with van der Waals surface area (Å²) < 4.78 is 5.23. The van der Waals surface area contributed by atoms with Crippen molar-refractivity contribution in [2.75, 3.05) is 31.1 Å². The van der Waals surface area contributed by atoms with Crippen molar-refractivity contribution in [3.8, 4) is 11.1 Å². The van der Waals surface area contributed by atoms with E-state index in [9.17, 15) is 0 Å². The molecule has 1 aliphatic heterocycles.